The highest BCUT2D eigenvalue weighted by Crippen LogP contribution is 2.54. The van der Waals surface area contributed by atoms with E-state index in [1.807, 2.05) is 19.9 Å². The number of carbonyl (C=O) groups is 2. The molecule has 3 heterocycles. The second-order valence-corrected chi connectivity index (χ2v) is 17.5. The molecule has 0 N–H and O–H groups in total. The van der Waals surface area contributed by atoms with Crippen LogP contribution in [0.2, 0.25) is 0 Å². The summed E-state index contributed by atoms with van der Waals surface area (Å²) in [5.74, 6) is -0.124. The van der Waals surface area contributed by atoms with Crippen molar-refractivity contribution in [3.05, 3.63) is 36.0 Å². The molecule has 0 aromatic rings. The van der Waals surface area contributed by atoms with Gasteiger partial charge in [-0.05, 0) is 121 Å². The number of ketones is 1. The molecule has 6 rings (SSSR count). The average Bonchev–Trinajstić information content (AvgIpc) is 3.75. The minimum Gasteiger partial charge on any atom is -0.458 e. The lowest BCUT2D eigenvalue weighted by atomic mass is 9.70. The summed E-state index contributed by atoms with van der Waals surface area (Å²) in [5.41, 5.74) is 0.755. The number of hydrogen-bond donors (Lipinski definition) is 0. The first-order chi connectivity index (χ1) is 27.0. The molecule has 0 aromatic carbocycles. The van der Waals surface area contributed by atoms with Crippen LogP contribution in [-0.4, -0.2) is 119 Å². The van der Waals surface area contributed by atoms with E-state index in [9.17, 15) is 9.59 Å². The quantitative estimate of drug-likeness (QED) is 0.154. The second kappa shape index (κ2) is 19.9. The highest BCUT2D eigenvalue weighted by molar-refractivity contribution is 5.99. The minimum atomic E-state index is -0.598. The van der Waals surface area contributed by atoms with E-state index >= 15 is 0 Å². The van der Waals surface area contributed by atoms with E-state index in [4.69, 9.17) is 37.9 Å². The molecule has 3 saturated heterocycles. The first kappa shape index (κ1) is 43.6. The molecule has 0 aromatic heterocycles. The molecule has 3 aliphatic carbocycles. The van der Waals surface area contributed by atoms with Crippen LogP contribution < -0.4 is 0 Å². The zero-order chi connectivity index (χ0) is 40.1. The molecule has 6 unspecified atom stereocenters. The van der Waals surface area contributed by atoms with Gasteiger partial charge in [0.25, 0.3) is 0 Å². The Labute approximate surface area is 336 Å². The first-order valence-electron chi connectivity index (χ1n) is 21.7. The number of nitrogens with zero attached hydrogens (tertiary/aromatic N) is 1. The normalized spacial score (nSPS) is 43.5. The van der Waals surface area contributed by atoms with Crippen molar-refractivity contribution >= 4 is 11.8 Å². The number of ether oxygens (including phenoxy) is 8. The second-order valence-electron chi connectivity index (χ2n) is 17.5. The number of Topliss-reactive ketones (excluding diaryl/α,β-unsaturated/α-hetero) is 1. The Hall–Kier alpha value is -1.96. The molecule has 316 valence electrons. The number of esters is 1. The molecular formula is C45H71NO10. The van der Waals surface area contributed by atoms with Gasteiger partial charge in [-0.1, -0.05) is 45.1 Å². The van der Waals surface area contributed by atoms with Crippen molar-refractivity contribution in [3.63, 3.8) is 0 Å². The summed E-state index contributed by atoms with van der Waals surface area (Å²) in [6.45, 7) is 10.9. The van der Waals surface area contributed by atoms with Crippen LogP contribution in [0.15, 0.2) is 36.0 Å². The fourth-order valence-electron chi connectivity index (χ4n) is 10.7. The number of carbonyl (C=O) groups excluding carboxylic acids is 2. The van der Waals surface area contributed by atoms with E-state index in [1.165, 1.54) is 0 Å². The van der Waals surface area contributed by atoms with Crippen LogP contribution in [0.1, 0.15) is 98.8 Å². The van der Waals surface area contributed by atoms with E-state index in [-0.39, 0.29) is 103 Å². The van der Waals surface area contributed by atoms with Crippen molar-refractivity contribution in [2.75, 3.05) is 34.9 Å². The van der Waals surface area contributed by atoms with Gasteiger partial charge in [-0.25, -0.2) is 0 Å². The molecule has 11 nitrogen and oxygen atoms in total. The number of rotatable bonds is 12. The number of allylic oxidation sites excluding steroid dienone is 5. The van der Waals surface area contributed by atoms with Gasteiger partial charge in [0.15, 0.2) is 18.4 Å². The maximum absolute atomic E-state index is 14.8. The molecule has 4 fully saturated rings. The van der Waals surface area contributed by atoms with Gasteiger partial charge in [0.1, 0.15) is 24.4 Å². The number of hydrogen-bond acceptors (Lipinski definition) is 11. The van der Waals surface area contributed by atoms with E-state index < -0.39 is 12.4 Å². The summed E-state index contributed by atoms with van der Waals surface area (Å²) < 4.78 is 50.6. The van der Waals surface area contributed by atoms with Crippen LogP contribution in [0.25, 0.3) is 0 Å². The lowest BCUT2D eigenvalue weighted by Gasteiger charge is -2.44. The van der Waals surface area contributed by atoms with Crippen LogP contribution in [-0.2, 0) is 47.5 Å². The molecule has 0 bridgehead atoms. The van der Waals surface area contributed by atoms with Crippen molar-refractivity contribution in [1.29, 1.82) is 0 Å². The highest BCUT2D eigenvalue weighted by atomic mass is 16.7. The monoisotopic (exact) mass is 786 g/mol. The molecule has 17 atom stereocenters. The van der Waals surface area contributed by atoms with Gasteiger partial charge in [-0.3, -0.25) is 9.59 Å². The standard InChI is InChI=1S/C45H71NO10/c1-10-12-14-30-15-13-16-38(56-40-20-19-37(46(6)7)27(4)52-40)26(3)41(48)36-24-34-32(35(36)25-39(47)54-30)18-17-29-22-31(23-33(29)34)55-45-44(50-9)43(51-21-11-2)42(49-8)28(5)53-45/h12,14,17-18,24,26-35,37-38,40,42-45H,10-11,13,15-16,19-23,25H2,1-9H3/t26-,27-,28+,29?,30+,31-,32?,33?,34?,35?,37+,38+,40?,42+,43-,44-,45+/m1/s1. The maximum Gasteiger partial charge on any atom is 0.307 e. The summed E-state index contributed by atoms with van der Waals surface area (Å²) in [6, 6.07) is 0.330. The Kier molecular flexibility index (Phi) is 15.5. The Bertz CT molecular complexity index is 1400. The maximum atomic E-state index is 14.8. The van der Waals surface area contributed by atoms with Gasteiger partial charge >= 0.3 is 5.97 Å². The van der Waals surface area contributed by atoms with Crippen molar-refractivity contribution in [3.8, 4) is 0 Å². The number of fused-ring (bicyclic) bond motifs is 5. The third-order valence-corrected chi connectivity index (χ3v) is 13.6. The fourth-order valence-corrected chi connectivity index (χ4v) is 10.7. The molecule has 0 radical (unpaired) electrons. The Morgan fingerprint density at radius 2 is 1.66 bits per heavy atom. The van der Waals surface area contributed by atoms with Gasteiger partial charge in [-0.2, -0.15) is 0 Å². The molecule has 0 amide bonds. The zero-order valence-electron chi connectivity index (χ0n) is 35.5. The van der Waals surface area contributed by atoms with E-state index in [2.05, 4.69) is 64.1 Å². The van der Waals surface area contributed by atoms with Gasteiger partial charge < -0.3 is 42.8 Å². The van der Waals surface area contributed by atoms with Crippen LogP contribution >= 0.6 is 0 Å². The highest BCUT2D eigenvalue weighted by Gasteiger charge is 2.53. The number of cyclic esters (lactones) is 1. The van der Waals surface area contributed by atoms with Crippen LogP contribution in [0.4, 0.5) is 0 Å². The van der Waals surface area contributed by atoms with E-state index in [0.717, 1.165) is 50.5 Å². The van der Waals surface area contributed by atoms with E-state index in [0.29, 0.717) is 25.5 Å². The van der Waals surface area contributed by atoms with Crippen molar-refractivity contribution in [2.24, 2.45) is 35.5 Å². The van der Waals surface area contributed by atoms with Crippen LogP contribution in [0.5, 0.6) is 0 Å². The van der Waals surface area contributed by atoms with E-state index in [1.54, 1.807) is 14.2 Å². The average molecular weight is 786 g/mol. The lowest BCUT2D eigenvalue weighted by molar-refractivity contribution is -0.317. The number of methoxy groups -OCH3 is 2. The Balaban J connectivity index is 1.21. The summed E-state index contributed by atoms with van der Waals surface area (Å²) in [7, 11) is 7.54. The van der Waals surface area contributed by atoms with Crippen molar-refractivity contribution < 1.29 is 47.5 Å². The van der Waals surface area contributed by atoms with Gasteiger partial charge in [-0.15, -0.1) is 0 Å². The topological polar surface area (TPSA) is 111 Å². The first-order valence-corrected chi connectivity index (χ1v) is 21.7. The van der Waals surface area contributed by atoms with Crippen LogP contribution in [0, 0.1) is 35.5 Å². The molecule has 56 heavy (non-hydrogen) atoms. The molecule has 0 spiro atoms. The number of likely N-dealkylation sites (N-methyl/N-ethyl adjacent to an activating group) is 1. The predicted octanol–water partition coefficient (Wildman–Crippen LogP) is 6.82. The predicted molar refractivity (Wildman–Crippen MR) is 213 cm³/mol. The minimum absolute atomic E-state index is 0.0260. The molecular weight excluding hydrogens is 714 g/mol. The largest absolute Gasteiger partial charge is 0.458 e. The third kappa shape index (κ3) is 9.73. The Morgan fingerprint density at radius 1 is 0.875 bits per heavy atom. The van der Waals surface area contributed by atoms with Crippen LogP contribution in [0.3, 0.4) is 0 Å². The molecule has 3 aliphatic heterocycles. The summed E-state index contributed by atoms with van der Waals surface area (Å²) in [6.07, 6.45) is 15.5. The fraction of sp³-hybridized carbons (Fsp3) is 0.822. The molecule has 6 aliphatic rings. The third-order valence-electron chi connectivity index (χ3n) is 13.6. The summed E-state index contributed by atoms with van der Waals surface area (Å²) >= 11 is 0. The summed E-state index contributed by atoms with van der Waals surface area (Å²) in [4.78, 5) is 30.7. The molecule has 1 saturated carbocycles. The smallest absolute Gasteiger partial charge is 0.307 e. The lowest BCUT2D eigenvalue weighted by Crippen LogP contribution is -2.60. The van der Waals surface area contributed by atoms with Crippen molar-refractivity contribution in [1.82, 2.24) is 4.90 Å². The molecule has 11 heteroatoms. The van der Waals surface area contributed by atoms with Crippen molar-refractivity contribution in [2.45, 2.75) is 166 Å². The Morgan fingerprint density at radius 3 is 2.36 bits per heavy atom. The van der Waals surface area contributed by atoms with Gasteiger partial charge in [0, 0.05) is 38.7 Å². The summed E-state index contributed by atoms with van der Waals surface area (Å²) in [5, 5.41) is 0. The zero-order valence-corrected chi connectivity index (χ0v) is 35.5. The van der Waals surface area contributed by atoms with Gasteiger partial charge in [0.2, 0.25) is 0 Å². The van der Waals surface area contributed by atoms with Gasteiger partial charge in [0.05, 0.1) is 30.8 Å². The SMILES string of the molecule is CCC=C[C@H]1CCC[C@H](OC2CC[C@H](N(C)C)[C@@H](C)O2)[C@@H](C)C(=O)C2=CC3C(C=CC4C[C@@H](O[C@@H]5O[C@@H](C)[C@H](OC)[C@@H](OCCC)[C@H]5OC)CC43)C2CC(=O)O1.